The Morgan fingerprint density at radius 1 is 1.00 bits per heavy atom. The van der Waals surface area contributed by atoms with E-state index in [9.17, 15) is 0 Å². The van der Waals surface area contributed by atoms with Gasteiger partial charge in [-0.05, 0) is 64.1 Å². The standard InChI is InChI=1S/C20H28N2O2/c1-5-23-13-6-14-24-18-10-7-16(8-11-18)19-12-9-17(15-21-19)22-20(2,3)4/h7-12,15,22H,5-6,13-14H2,1-4H3. The summed E-state index contributed by atoms with van der Waals surface area (Å²) in [6.07, 6.45) is 2.78. The molecule has 0 spiro atoms. The molecular weight excluding hydrogens is 300 g/mol. The van der Waals surface area contributed by atoms with Gasteiger partial charge in [0.1, 0.15) is 5.75 Å². The van der Waals surface area contributed by atoms with E-state index in [-0.39, 0.29) is 5.54 Å². The van der Waals surface area contributed by atoms with E-state index in [4.69, 9.17) is 9.47 Å². The molecule has 2 rings (SSSR count). The first-order valence-electron chi connectivity index (χ1n) is 8.53. The highest BCUT2D eigenvalue weighted by molar-refractivity contribution is 5.62. The third kappa shape index (κ3) is 6.20. The van der Waals surface area contributed by atoms with Gasteiger partial charge < -0.3 is 14.8 Å². The summed E-state index contributed by atoms with van der Waals surface area (Å²) in [4.78, 5) is 4.54. The fourth-order valence-electron chi connectivity index (χ4n) is 2.29. The van der Waals surface area contributed by atoms with Crippen molar-refractivity contribution in [2.24, 2.45) is 0 Å². The Morgan fingerprint density at radius 2 is 1.75 bits per heavy atom. The quantitative estimate of drug-likeness (QED) is 0.709. The average molecular weight is 328 g/mol. The minimum Gasteiger partial charge on any atom is -0.494 e. The van der Waals surface area contributed by atoms with E-state index in [0.717, 1.165) is 42.3 Å². The predicted octanol–water partition coefficient (Wildman–Crippen LogP) is 4.76. The highest BCUT2D eigenvalue weighted by Gasteiger charge is 2.09. The van der Waals surface area contributed by atoms with Crippen molar-refractivity contribution in [1.82, 2.24) is 4.98 Å². The van der Waals surface area contributed by atoms with Crippen molar-refractivity contribution in [2.75, 3.05) is 25.1 Å². The molecule has 0 aliphatic carbocycles. The number of nitrogens with one attached hydrogen (secondary N) is 1. The Morgan fingerprint density at radius 3 is 2.33 bits per heavy atom. The fraction of sp³-hybridized carbons (Fsp3) is 0.450. The molecule has 24 heavy (non-hydrogen) atoms. The van der Waals surface area contributed by atoms with Crippen LogP contribution in [-0.4, -0.2) is 30.3 Å². The van der Waals surface area contributed by atoms with Gasteiger partial charge in [-0.3, -0.25) is 4.98 Å². The summed E-state index contributed by atoms with van der Waals surface area (Å²) in [5, 5.41) is 3.41. The maximum Gasteiger partial charge on any atom is 0.119 e. The zero-order chi connectivity index (χ0) is 17.4. The Hall–Kier alpha value is -2.07. The van der Waals surface area contributed by atoms with Crippen molar-refractivity contribution < 1.29 is 9.47 Å². The van der Waals surface area contributed by atoms with E-state index in [2.05, 4.69) is 37.1 Å². The molecule has 4 nitrogen and oxygen atoms in total. The van der Waals surface area contributed by atoms with Crippen LogP contribution in [-0.2, 0) is 4.74 Å². The Labute approximate surface area is 145 Å². The molecule has 0 atom stereocenters. The minimum absolute atomic E-state index is 0.0321. The van der Waals surface area contributed by atoms with E-state index >= 15 is 0 Å². The van der Waals surface area contributed by atoms with Crippen LogP contribution >= 0.6 is 0 Å². The lowest BCUT2D eigenvalue weighted by Gasteiger charge is -2.21. The summed E-state index contributed by atoms with van der Waals surface area (Å²) in [6, 6.07) is 12.1. The number of anilines is 1. The smallest absolute Gasteiger partial charge is 0.119 e. The predicted molar refractivity (Wildman–Crippen MR) is 99.7 cm³/mol. The van der Waals surface area contributed by atoms with Gasteiger partial charge in [0.2, 0.25) is 0 Å². The molecule has 2 aromatic rings. The largest absolute Gasteiger partial charge is 0.494 e. The van der Waals surface area contributed by atoms with Crippen molar-refractivity contribution in [2.45, 2.75) is 39.7 Å². The number of nitrogens with zero attached hydrogens (tertiary/aromatic N) is 1. The Kier molecular flexibility index (Phi) is 6.62. The van der Waals surface area contributed by atoms with Crippen molar-refractivity contribution in [1.29, 1.82) is 0 Å². The lowest BCUT2D eigenvalue weighted by Crippen LogP contribution is -2.26. The van der Waals surface area contributed by atoms with Gasteiger partial charge in [-0.2, -0.15) is 0 Å². The second-order valence-electron chi connectivity index (χ2n) is 6.73. The number of ether oxygens (including phenoxy) is 2. The van der Waals surface area contributed by atoms with E-state index < -0.39 is 0 Å². The molecule has 0 radical (unpaired) electrons. The summed E-state index contributed by atoms with van der Waals surface area (Å²) < 4.78 is 11.0. The van der Waals surface area contributed by atoms with Gasteiger partial charge in [0.25, 0.3) is 0 Å². The molecular formula is C20H28N2O2. The number of benzene rings is 1. The zero-order valence-corrected chi connectivity index (χ0v) is 15.1. The number of rotatable bonds is 8. The topological polar surface area (TPSA) is 43.4 Å². The highest BCUT2D eigenvalue weighted by atomic mass is 16.5. The molecule has 1 aromatic carbocycles. The van der Waals surface area contributed by atoms with Crippen molar-refractivity contribution in [3.8, 4) is 17.0 Å². The molecule has 0 unspecified atom stereocenters. The van der Waals surface area contributed by atoms with E-state index in [0.29, 0.717) is 6.61 Å². The van der Waals surface area contributed by atoms with Gasteiger partial charge in [0, 0.05) is 30.7 Å². The number of aromatic nitrogens is 1. The maximum atomic E-state index is 5.71. The summed E-state index contributed by atoms with van der Waals surface area (Å²) in [5.41, 5.74) is 3.10. The molecule has 0 aliphatic heterocycles. The summed E-state index contributed by atoms with van der Waals surface area (Å²) >= 11 is 0. The first kappa shape index (κ1) is 18.3. The lowest BCUT2D eigenvalue weighted by molar-refractivity contribution is 0.131. The Balaban J connectivity index is 1.90. The monoisotopic (exact) mass is 328 g/mol. The van der Waals surface area contributed by atoms with Crippen LogP contribution in [0.15, 0.2) is 42.6 Å². The van der Waals surface area contributed by atoms with Gasteiger partial charge >= 0.3 is 0 Å². The third-order valence-corrected chi connectivity index (χ3v) is 3.34. The van der Waals surface area contributed by atoms with Gasteiger partial charge in [0.05, 0.1) is 24.2 Å². The average Bonchev–Trinajstić information content (AvgIpc) is 2.55. The van der Waals surface area contributed by atoms with Crippen LogP contribution in [0.1, 0.15) is 34.1 Å². The molecule has 130 valence electrons. The van der Waals surface area contributed by atoms with Crippen molar-refractivity contribution >= 4 is 5.69 Å². The second kappa shape index (κ2) is 8.69. The van der Waals surface area contributed by atoms with Crippen LogP contribution in [0.5, 0.6) is 5.75 Å². The van der Waals surface area contributed by atoms with Crippen LogP contribution in [0.2, 0.25) is 0 Å². The zero-order valence-electron chi connectivity index (χ0n) is 15.1. The first-order chi connectivity index (χ1) is 11.5. The van der Waals surface area contributed by atoms with E-state index in [1.165, 1.54) is 0 Å². The molecule has 0 bridgehead atoms. The van der Waals surface area contributed by atoms with Crippen LogP contribution in [0, 0.1) is 0 Å². The molecule has 0 amide bonds. The fourth-order valence-corrected chi connectivity index (χ4v) is 2.29. The van der Waals surface area contributed by atoms with Gasteiger partial charge in [-0.15, -0.1) is 0 Å². The summed E-state index contributed by atoms with van der Waals surface area (Å²) in [7, 11) is 0. The van der Waals surface area contributed by atoms with Gasteiger partial charge in [-0.1, -0.05) is 0 Å². The van der Waals surface area contributed by atoms with Gasteiger partial charge in [0.15, 0.2) is 0 Å². The Bertz CT molecular complexity index is 601. The summed E-state index contributed by atoms with van der Waals surface area (Å²) in [5.74, 6) is 0.876. The van der Waals surface area contributed by atoms with Crippen molar-refractivity contribution in [3.05, 3.63) is 42.6 Å². The molecule has 0 fully saturated rings. The molecule has 0 saturated heterocycles. The molecule has 0 saturated carbocycles. The number of hydrogen-bond acceptors (Lipinski definition) is 4. The SMILES string of the molecule is CCOCCCOc1ccc(-c2ccc(NC(C)(C)C)cn2)cc1. The minimum atomic E-state index is 0.0321. The lowest BCUT2D eigenvalue weighted by atomic mass is 10.1. The van der Waals surface area contributed by atoms with Gasteiger partial charge in [-0.25, -0.2) is 0 Å². The molecule has 1 N–H and O–H groups in total. The van der Waals surface area contributed by atoms with Crippen molar-refractivity contribution in [3.63, 3.8) is 0 Å². The van der Waals surface area contributed by atoms with E-state index in [1.54, 1.807) is 0 Å². The van der Waals surface area contributed by atoms with Crippen LogP contribution in [0.4, 0.5) is 5.69 Å². The van der Waals surface area contributed by atoms with Crippen LogP contribution in [0.25, 0.3) is 11.3 Å². The maximum absolute atomic E-state index is 5.71. The third-order valence-electron chi connectivity index (χ3n) is 3.34. The van der Waals surface area contributed by atoms with Crippen LogP contribution in [0.3, 0.4) is 0 Å². The molecule has 1 aromatic heterocycles. The van der Waals surface area contributed by atoms with E-state index in [1.807, 2.05) is 43.5 Å². The normalized spacial score (nSPS) is 11.3. The summed E-state index contributed by atoms with van der Waals surface area (Å²) in [6.45, 7) is 10.6. The number of pyridine rings is 1. The molecule has 1 heterocycles. The number of hydrogen-bond donors (Lipinski definition) is 1. The second-order valence-corrected chi connectivity index (χ2v) is 6.73. The van der Waals surface area contributed by atoms with Crippen LogP contribution < -0.4 is 10.1 Å². The first-order valence-corrected chi connectivity index (χ1v) is 8.53. The molecule has 4 heteroatoms. The molecule has 0 aliphatic rings. The highest BCUT2D eigenvalue weighted by Crippen LogP contribution is 2.22.